The van der Waals surface area contributed by atoms with Crippen molar-refractivity contribution >= 4 is 28.6 Å². The number of rotatable bonds is 4. The maximum Gasteiger partial charge on any atom is 0.231 e. The van der Waals surface area contributed by atoms with Gasteiger partial charge in [-0.25, -0.2) is 4.98 Å². The fraction of sp³-hybridized carbons (Fsp3) is 0.450. The van der Waals surface area contributed by atoms with E-state index in [1.807, 2.05) is 12.1 Å². The van der Waals surface area contributed by atoms with E-state index in [0.29, 0.717) is 28.0 Å². The molecule has 6 nitrogen and oxygen atoms in total. The topological polar surface area (TPSA) is 84.2 Å². The van der Waals surface area contributed by atoms with Crippen molar-refractivity contribution in [2.24, 2.45) is 5.92 Å². The van der Waals surface area contributed by atoms with E-state index in [2.05, 4.69) is 23.3 Å². The number of fused-ring (bicyclic) bond motifs is 2. The third kappa shape index (κ3) is 3.81. The van der Waals surface area contributed by atoms with Crippen molar-refractivity contribution in [3.05, 3.63) is 23.8 Å². The van der Waals surface area contributed by atoms with E-state index in [-0.39, 0.29) is 24.5 Å². The van der Waals surface area contributed by atoms with Gasteiger partial charge in [0.05, 0.1) is 16.8 Å². The predicted molar refractivity (Wildman–Crippen MR) is 103 cm³/mol. The van der Waals surface area contributed by atoms with Crippen LogP contribution in [0.15, 0.2) is 23.2 Å². The summed E-state index contributed by atoms with van der Waals surface area (Å²) in [4.78, 5) is 16.9. The summed E-state index contributed by atoms with van der Waals surface area (Å²) >= 11 is 1.30. The monoisotopic (exact) mass is 383 g/mol. The molecule has 1 aromatic heterocycles. The molecule has 2 unspecified atom stereocenters. The summed E-state index contributed by atoms with van der Waals surface area (Å²) in [5.74, 6) is 2.08. The van der Waals surface area contributed by atoms with E-state index in [1.165, 1.54) is 31.0 Å². The summed E-state index contributed by atoms with van der Waals surface area (Å²) in [5.41, 5.74) is 1.19. The van der Waals surface area contributed by atoms with Crippen LogP contribution in [0.5, 0.6) is 11.5 Å². The van der Waals surface area contributed by atoms with Crippen LogP contribution < -0.4 is 14.8 Å². The van der Waals surface area contributed by atoms with Crippen LogP contribution in [-0.2, 0) is 4.79 Å². The molecule has 2 heterocycles. The molecule has 1 aliphatic carbocycles. The van der Waals surface area contributed by atoms with Gasteiger partial charge in [0.1, 0.15) is 11.1 Å². The molecule has 140 valence electrons. The molecule has 2 atom stereocenters. The van der Waals surface area contributed by atoms with Gasteiger partial charge in [0.15, 0.2) is 11.5 Å². The maximum atomic E-state index is 12.4. The van der Waals surface area contributed by atoms with Gasteiger partial charge in [-0.2, -0.15) is 5.26 Å². The first-order valence-corrected chi connectivity index (χ1v) is 10.2. The SMILES string of the molecule is CC1CCCCC1NC(=O)CSc1nc2cc3c(cc2cc1C#N)OCO3. The minimum absolute atomic E-state index is 0.00442. The van der Waals surface area contributed by atoms with Gasteiger partial charge in [-0.3, -0.25) is 4.79 Å². The van der Waals surface area contributed by atoms with Crippen LogP contribution in [-0.4, -0.2) is 29.5 Å². The molecule has 0 radical (unpaired) electrons. The van der Waals surface area contributed by atoms with Crippen molar-refractivity contribution < 1.29 is 14.3 Å². The van der Waals surface area contributed by atoms with Gasteiger partial charge in [0.2, 0.25) is 12.7 Å². The van der Waals surface area contributed by atoms with Gasteiger partial charge in [-0.05, 0) is 30.9 Å². The number of carbonyl (C=O) groups is 1. The van der Waals surface area contributed by atoms with Crippen molar-refractivity contribution in [2.45, 2.75) is 43.7 Å². The number of benzene rings is 1. The van der Waals surface area contributed by atoms with Crippen LogP contribution in [0.3, 0.4) is 0 Å². The number of carbonyl (C=O) groups excluding carboxylic acids is 1. The van der Waals surface area contributed by atoms with E-state index in [9.17, 15) is 10.1 Å². The number of thioether (sulfide) groups is 1. The molecule has 7 heteroatoms. The first-order chi connectivity index (χ1) is 13.1. The normalized spacial score (nSPS) is 21.0. The van der Waals surface area contributed by atoms with Gasteiger partial charge >= 0.3 is 0 Å². The standard InChI is InChI=1S/C20H21N3O3S/c1-12-4-2-3-5-15(12)22-19(24)10-27-20-14(9-21)6-13-7-17-18(26-11-25-17)8-16(13)23-20/h6-8,12,15H,2-5,10-11H2,1H3,(H,22,24). The highest BCUT2D eigenvalue weighted by Crippen LogP contribution is 2.37. The summed E-state index contributed by atoms with van der Waals surface area (Å²) in [6.45, 7) is 2.39. The van der Waals surface area contributed by atoms with Crippen molar-refractivity contribution in [1.29, 1.82) is 5.26 Å². The molecule has 1 N–H and O–H groups in total. The minimum atomic E-state index is -0.00442. The predicted octanol–water partition coefficient (Wildman–Crippen LogP) is 3.62. The fourth-order valence-corrected chi connectivity index (χ4v) is 4.42. The summed E-state index contributed by atoms with van der Waals surface area (Å²) in [6.07, 6.45) is 4.62. The lowest BCUT2D eigenvalue weighted by atomic mass is 9.86. The second-order valence-corrected chi connectivity index (χ2v) is 8.04. The lowest BCUT2D eigenvalue weighted by Crippen LogP contribution is -2.41. The number of pyridine rings is 1. The molecule has 2 aromatic rings. The molecular formula is C20H21N3O3S. The third-order valence-corrected chi connectivity index (χ3v) is 6.18. The van der Waals surface area contributed by atoms with Gasteiger partial charge in [-0.1, -0.05) is 31.5 Å². The Morgan fingerprint density at radius 2 is 2.07 bits per heavy atom. The van der Waals surface area contributed by atoms with E-state index in [0.717, 1.165) is 17.3 Å². The molecule has 1 saturated carbocycles. The Labute approximate surface area is 162 Å². The van der Waals surface area contributed by atoms with Crippen molar-refractivity contribution in [3.63, 3.8) is 0 Å². The zero-order valence-corrected chi connectivity index (χ0v) is 16.0. The Kier molecular flexibility index (Phi) is 5.08. The van der Waals surface area contributed by atoms with Crippen LogP contribution in [0.25, 0.3) is 10.9 Å². The second kappa shape index (κ2) is 7.65. The maximum absolute atomic E-state index is 12.4. The van der Waals surface area contributed by atoms with Crippen LogP contribution in [0, 0.1) is 17.2 Å². The largest absolute Gasteiger partial charge is 0.454 e. The van der Waals surface area contributed by atoms with Crippen LogP contribution >= 0.6 is 11.8 Å². The van der Waals surface area contributed by atoms with E-state index >= 15 is 0 Å². The highest BCUT2D eigenvalue weighted by Gasteiger charge is 2.23. The number of nitrogens with one attached hydrogen (secondary N) is 1. The summed E-state index contributed by atoms with van der Waals surface area (Å²) in [5, 5.41) is 14.0. The number of nitrogens with zero attached hydrogens (tertiary/aromatic N) is 2. The first kappa shape index (κ1) is 17.9. The number of aromatic nitrogens is 1. The van der Waals surface area contributed by atoms with Crippen molar-refractivity contribution in [3.8, 4) is 17.6 Å². The molecule has 2 aliphatic rings. The molecule has 0 saturated heterocycles. The zero-order chi connectivity index (χ0) is 18.8. The van der Waals surface area contributed by atoms with Gasteiger partial charge in [0.25, 0.3) is 0 Å². The minimum Gasteiger partial charge on any atom is -0.454 e. The van der Waals surface area contributed by atoms with E-state index in [4.69, 9.17) is 9.47 Å². The summed E-state index contributed by atoms with van der Waals surface area (Å²) in [6, 6.07) is 7.86. The number of nitriles is 1. The average Bonchev–Trinajstić information content (AvgIpc) is 3.12. The molecule has 0 bridgehead atoms. The number of hydrogen-bond donors (Lipinski definition) is 1. The number of amides is 1. The highest BCUT2D eigenvalue weighted by molar-refractivity contribution is 8.00. The number of hydrogen-bond acceptors (Lipinski definition) is 6. The van der Waals surface area contributed by atoms with Crippen LogP contribution in [0.4, 0.5) is 0 Å². The Morgan fingerprint density at radius 1 is 1.30 bits per heavy atom. The van der Waals surface area contributed by atoms with Crippen molar-refractivity contribution in [2.75, 3.05) is 12.5 Å². The Balaban J connectivity index is 1.48. The zero-order valence-electron chi connectivity index (χ0n) is 15.2. The lowest BCUT2D eigenvalue weighted by molar-refractivity contribution is -0.119. The fourth-order valence-electron chi connectivity index (χ4n) is 3.65. The summed E-state index contributed by atoms with van der Waals surface area (Å²) in [7, 11) is 0. The van der Waals surface area contributed by atoms with Crippen LogP contribution in [0.1, 0.15) is 38.2 Å². The van der Waals surface area contributed by atoms with Gasteiger partial charge in [0, 0.05) is 17.5 Å². The molecule has 1 amide bonds. The second-order valence-electron chi connectivity index (χ2n) is 7.08. The van der Waals surface area contributed by atoms with Crippen molar-refractivity contribution in [1.82, 2.24) is 10.3 Å². The Morgan fingerprint density at radius 3 is 2.85 bits per heavy atom. The summed E-state index contributed by atoms with van der Waals surface area (Å²) < 4.78 is 10.8. The Hall–Kier alpha value is -2.46. The Bertz CT molecular complexity index is 925. The quantitative estimate of drug-likeness (QED) is 0.812. The molecule has 1 fully saturated rings. The molecule has 1 aromatic carbocycles. The lowest BCUT2D eigenvalue weighted by Gasteiger charge is -2.29. The van der Waals surface area contributed by atoms with E-state index in [1.54, 1.807) is 6.07 Å². The van der Waals surface area contributed by atoms with Gasteiger partial charge < -0.3 is 14.8 Å². The molecule has 27 heavy (non-hydrogen) atoms. The molecular weight excluding hydrogens is 362 g/mol. The molecule has 1 aliphatic heterocycles. The van der Waals surface area contributed by atoms with E-state index < -0.39 is 0 Å². The van der Waals surface area contributed by atoms with Crippen LogP contribution in [0.2, 0.25) is 0 Å². The third-order valence-electron chi connectivity index (χ3n) is 5.19. The first-order valence-electron chi connectivity index (χ1n) is 9.20. The smallest absolute Gasteiger partial charge is 0.231 e. The highest BCUT2D eigenvalue weighted by atomic mass is 32.2. The molecule has 4 rings (SSSR count). The average molecular weight is 383 g/mol. The van der Waals surface area contributed by atoms with Gasteiger partial charge in [-0.15, -0.1) is 0 Å². The molecule has 0 spiro atoms. The number of ether oxygens (including phenoxy) is 2.